The van der Waals surface area contributed by atoms with Gasteiger partial charge in [0.15, 0.2) is 0 Å². The number of hydrogen-bond donors (Lipinski definition) is 1. The van der Waals surface area contributed by atoms with Crippen molar-refractivity contribution in [1.29, 1.82) is 0 Å². The molecule has 1 aromatic carbocycles. The molecule has 0 radical (unpaired) electrons. The molecule has 0 aliphatic heterocycles. The van der Waals surface area contributed by atoms with E-state index in [-0.39, 0.29) is 5.91 Å². The molecule has 0 bridgehead atoms. The number of aryl methyl sites for hydroxylation is 1. The van der Waals surface area contributed by atoms with E-state index in [0.29, 0.717) is 11.3 Å². The Balaban J connectivity index is 2.06. The topological polar surface area (TPSA) is 63.6 Å². The molecule has 1 aromatic heterocycles. The molecule has 114 valence electrons. The Kier molecular flexibility index (Phi) is 5.68. The van der Waals surface area contributed by atoms with E-state index < -0.39 is 0 Å². The van der Waals surface area contributed by atoms with Gasteiger partial charge in [-0.3, -0.25) is 9.78 Å². The van der Waals surface area contributed by atoms with Crippen LogP contribution in [0.1, 0.15) is 21.6 Å². The Bertz CT molecular complexity index is 692. The highest BCUT2D eigenvalue weighted by atomic mass is 79.9. The Hall–Kier alpha value is -1.73. The second-order valence-corrected chi connectivity index (χ2v) is 6.11. The summed E-state index contributed by atoms with van der Waals surface area (Å²) in [5.41, 5.74) is 4.58. The van der Waals surface area contributed by atoms with Gasteiger partial charge in [0, 0.05) is 11.9 Å². The number of benzene rings is 1. The number of nitrogens with one attached hydrogen (secondary N) is 1. The molecule has 0 saturated carbocycles. The Morgan fingerprint density at radius 3 is 2.55 bits per heavy atom. The lowest BCUT2D eigenvalue weighted by molar-refractivity contribution is 0.0955. The van der Waals surface area contributed by atoms with E-state index in [4.69, 9.17) is 4.74 Å². The molecule has 0 aliphatic rings. The highest BCUT2D eigenvalue weighted by Crippen LogP contribution is 2.33. The van der Waals surface area contributed by atoms with Crippen LogP contribution in [0, 0.1) is 6.92 Å². The maximum absolute atomic E-state index is 11.9. The van der Waals surface area contributed by atoms with Crippen LogP contribution in [-0.4, -0.2) is 24.2 Å². The van der Waals surface area contributed by atoms with Crippen LogP contribution in [0.4, 0.5) is 0 Å². The summed E-state index contributed by atoms with van der Waals surface area (Å²) in [5, 5.41) is 3.94. The fraction of sp³-hybridized carbons (Fsp3) is 0.133. The number of pyridine rings is 1. The first-order chi connectivity index (χ1) is 10.5. The molecule has 1 heterocycles. The summed E-state index contributed by atoms with van der Waals surface area (Å²) in [7, 11) is 1.59. The van der Waals surface area contributed by atoms with Gasteiger partial charge in [-0.25, -0.2) is 5.43 Å². The van der Waals surface area contributed by atoms with Crippen molar-refractivity contribution in [3.8, 4) is 5.75 Å². The number of halogens is 2. The van der Waals surface area contributed by atoms with Crippen molar-refractivity contribution in [1.82, 2.24) is 10.4 Å². The zero-order valence-electron chi connectivity index (χ0n) is 11.9. The minimum Gasteiger partial charge on any atom is -0.494 e. The van der Waals surface area contributed by atoms with Gasteiger partial charge in [-0.05, 0) is 68.6 Å². The van der Waals surface area contributed by atoms with Gasteiger partial charge in [-0.15, -0.1) is 0 Å². The molecule has 0 saturated heterocycles. The highest BCUT2D eigenvalue weighted by molar-refractivity contribution is 9.11. The summed E-state index contributed by atoms with van der Waals surface area (Å²) in [4.78, 5) is 15.9. The van der Waals surface area contributed by atoms with Gasteiger partial charge in [0.1, 0.15) is 5.75 Å². The van der Waals surface area contributed by atoms with Gasteiger partial charge in [0.05, 0.1) is 27.8 Å². The summed E-state index contributed by atoms with van der Waals surface area (Å²) in [6, 6.07) is 7.16. The van der Waals surface area contributed by atoms with Crippen molar-refractivity contribution in [2.45, 2.75) is 6.92 Å². The molecule has 1 N–H and O–H groups in total. The Labute approximate surface area is 145 Å². The van der Waals surface area contributed by atoms with Crippen molar-refractivity contribution in [2.24, 2.45) is 5.10 Å². The molecule has 5 nitrogen and oxygen atoms in total. The number of rotatable bonds is 4. The molecule has 0 atom stereocenters. The normalized spacial score (nSPS) is 10.7. The third kappa shape index (κ3) is 4.14. The lowest BCUT2D eigenvalue weighted by Crippen LogP contribution is -2.17. The van der Waals surface area contributed by atoms with Gasteiger partial charge in [0.25, 0.3) is 5.91 Å². The molecule has 0 unspecified atom stereocenters. The number of amides is 1. The fourth-order valence-electron chi connectivity index (χ4n) is 1.68. The molecular weight excluding hydrogens is 414 g/mol. The van der Waals surface area contributed by atoms with Gasteiger partial charge in [0.2, 0.25) is 0 Å². The molecule has 22 heavy (non-hydrogen) atoms. The molecule has 7 heteroatoms. The third-order valence-corrected chi connectivity index (χ3v) is 3.96. The van der Waals surface area contributed by atoms with Crippen LogP contribution in [0.5, 0.6) is 5.75 Å². The molecule has 2 aromatic rings. The number of hydrogen-bond acceptors (Lipinski definition) is 4. The number of hydrazone groups is 1. The summed E-state index contributed by atoms with van der Waals surface area (Å²) in [5.74, 6) is 0.391. The largest absolute Gasteiger partial charge is 0.494 e. The van der Waals surface area contributed by atoms with Crippen molar-refractivity contribution in [2.75, 3.05) is 7.11 Å². The first-order valence-electron chi connectivity index (χ1n) is 6.30. The van der Waals surface area contributed by atoms with Gasteiger partial charge < -0.3 is 4.74 Å². The van der Waals surface area contributed by atoms with Gasteiger partial charge in [-0.1, -0.05) is 0 Å². The Morgan fingerprint density at radius 1 is 1.32 bits per heavy atom. The standard InChI is InChI=1S/C15H13Br2N3O2/c1-9-3-4-11(8-18-9)15(21)20-19-7-10-5-12(16)14(22-2)13(17)6-10/h3-8H,1-2H3,(H,20,21)/b19-7+. The number of carbonyl (C=O) groups is 1. The smallest absolute Gasteiger partial charge is 0.272 e. The van der Waals surface area contributed by atoms with Gasteiger partial charge in [-0.2, -0.15) is 5.10 Å². The average Bonchev–Trinajstić information content (AvgIpc) is 2.47. The fourth-order valence-corrected chi connectivity index (χ4v) is 3.23. The molecule has 2 rings (SSSR count). The average molecular weight is 427 g/mol. The van der Waals surface area contributed by atoms with Crippen molar-refractivity contribution in [3.05, 3.63) is 56.2 Å². The number of ether oxygens (including phenoxy) is 1. The second-order valence-electron chi connectivity index (χ2n) is 4.41. The quantitative estimate of drug-likeness (QED) is 0.599. The lowest BCUT2D eigenvalue weighted by Gasteiger charge is -2.06. The maximum atomic E-state index is 11.9. The summed E-state index contributed by atoms with van der Waals surface area (Å²) >= 11 is 6.82. The first kappa shape index (κ1) is 16.6. The molecule has 1 amide bonds. The summed E-state index contributed by atoms with van der Waals surface area (Å²) in [6.45, 7) is 1.86. The Morgan fingerprint density at radius 2 is 2.00 bits per heavy atom. The van der Waals surface area contributed by atoms with Gasteiger partial charge >= 0.3 is 0 Å². The van der Waals surface area contributed by atoms with E-state index >= 15 is 0 Å². The third-order valence-electron chi connectivity index (χ3n) is 2.78. The van der Waals surface area contributed by atoms with Crippen molar-refractivity contribution >= 4 is 44.0 Å². The summed E-state index contributed by atoms with van der Waals surface area (Å²) < 4.78 is 6.81. The number of aromatic nitrogens is 1. The number of nitrogens with zero attached hydrogens (tertiary/aromatic N) is 2. The second kappa shape index (κ2) is 7.51. The van der Waals surface area contributed by atoms with Crippen LogP contribution in [-0.2, 0) is 0 Å². The van der Waals surface area contributed by atoms with Crippen LogP contribution in [0.2, 0.25) is 0 Å². The van der Waals surface area contributed by atoms with E-state index in [1.165, 1.54) is 6.20 Å². The highest BCUT2D eigenvalue weighted by Gasteiger charge is 2.07. The van der Waals surface area contributed by atoms with Crippen LogP contribution < -0.4 is 10.2 Å². The minimum atomic E-state index is -0.310. The number of methoxy groups -OCH3 is 1. The van der Waals surface area contributed by atoms with E-state index in [1.807, 2.05) is 19.1 Å². The predicted octanol–water partition coefficient (Wildman–Crippen LogP) is 3.69. The van der Waals surface area contributed by atoms with Crippen LogP contribution in [0.25, 0.3) is 0 Å². The number of carbonyl (C=O) groups excluding carboxylic acids is 1. The van der Waals surface area contributed by atoms with Crippen molar-refractivity contribution < 1.29 is 9.53 Å². The van der Waals surface area contributed by atoms with E-state index in [2.05, 4.69) is 47.4 Å². The summed E-state index contributed by atoms with van der Waals surface area (Å²) in [6.07, 6.45) is 3.06. The predicted molar refractivity (Wildman–Crippen MR) is 92.4 cm³/mol. The first-order valence-corrected chi connectivity index (χ1v) is 7.89. The van der Waals surface area contributed by atoms with E-state index in [0.717, 1.165) is 20.2 Å². The molecule has 0 fully saturated rings. The van der Waals surface area contributed by atoms with Crippen molar-refractivity contribution in [3.63, 3.8) is 0 Å². The lowest BCUT2D eigenvalue weighted by atomic mass is 10.2. The SMILES string of the molecule is COc1c(Br)cc(/C=N/NC(=O)c2ccc(C)nc2)cc1Br. The van der Waals surface area contributed by atoms with E-state index in [9.17, 15) is 4.79 Å². The van der Waals surface area contributed by atoms with Crippen LogP contribution in [0.15, 0.2) is 44.5 Å². The molecule has 0 aliphatic carbocycles. The minimum absolute atomic E-state index is 0.310. The molecular formula is C15H13Br2N3O2. The molecule has 0 spiro atoms. The zero-order chi connectivity index (χ0) is 16.1. The van der Waals surface area contributed by atoms with Crippen LogP contribution >= 0.6 is 31.9 Å². The monoisotopic (exact) mass is 425 g/mol. The van der Waals surface area contributed by atoms with E-state index in [1.54, 1.807) is 25.5 Å². The van der Waals surface area contributed by atoms with Crippen LogP contribution in [0.3, 0.4) is 0 Å². The zero-order valence-corrected chi connectivity index (χ0v) is 15.1. The maximum Gasteiger partial charge on any atom is 0.272 e.